The van der Waals surface area contributed by atoms with Crippen molar-refractivity contribution in [1.82, 2.24) is 14.9 Å². The van der Waals surface area contributed by atoms with Crippen molar-refractivity contribution in [3.63, 3.8) is 0 Å². The third-order valence-corrected chi connectivity index (χ3v) is 3.46. The van der Waals surface area contributed by atoms with Gasteiger partial charge in [0.25, 0.3) is 0 Å². The highest BCUT2D eigenvalue weighted by molar-refractivity contribution is 5.55. The van der Waals surface area contributed by atoms with E-state index in [0.717, 1.165) is 11.9 Å². The topological polar surface area (TPSA) is 29.3 Å². The van der Waals surface area contributed by atoms with Crippen LogP contribution < -0.4 is 5.32 Å². The summed E-state index contributed by atoms with van der Waals surface area (Å²) >= 11 is 0. The second-order valence-electron chi connectivity index (χ2n) is 4.66. The molecule has 1 unspecified atom stereocenters. The molecule has 1 N–H and O–H groups in total. The van der Waals surface area contributed by atoms with Crippen LogP contribution in [0.15, 0.2) is 60.9 Å². The molecule has 2 heterocycles. The van der Waals surface area contributed by atoms with Gasteiger partial charge in [0.1, 0.15) is 0 Å². The van der Waals surface area contributed by atoms with E-state index in [1.54, 1.807) is 0 Å². The molecule has 0 aliphatic rings. The molecule has 0 saturated heterocycles. The number of hydrogen-bond acceptors (Lipinski definition) is 2. The predicted octanol–water partition coefficient (Wildman–Crippen LogP) is 2.84. The van der Waals surface area contributed by atoms with E-state index in [1.807, 2.05) is 36.1 Å². The van der Waals surface area contributed by atoms with Gasteiger partial charge in [0.05, 0.1) is 11.7 Å². The van der Waals surface area contributed by atoms with Crippen LogP contribution in [0.25, 0.3) is 5.52 Å². The highest BCUT2D eigenvalue weighted by Gasteiger charge is 2.14. The van der Waals surface area contributed by atoms with Gasteiger partial charge >= 0.3 is 0 Å². The number of rotatable bonds is 4. The number of hydrogen-bond donors (Lipinski definition) is 1. The molecule has 0 radical (unpaired) electrons. The van der Waals surface area contributed by atoms with Gasteiger partial charge in [-0.1, -0.05) is 36.4 Å². The minimum atomic E-state index is 0.280. The van der Waals surface area contributed by atoms with E-state index in [0.29, 0.717) is 0 Å². The van der Waals surface area contributed by atoms with Gasteiger partial charge < -0.3 is 5.32 Å². The first-order chi connectivity index (χ1) is 9.38. The molecule has 1 aromatic carbocycles. The number of likely N-dealkylation sites (N-methyl/N-ethyl adjacent to an activating group) is 1. The summed E-state index contributed by atoms with van der Waals surface area (Å²) in [5.74, 6) is 0. The number of nitrogens with zero attached hydrogens (tertiary/aromatic N) is 2. The smallest absolute Gasteiger partial charge is 0.0709 e. The molecule has 0 spiro atoms. The minimum Gasteiger partial charge on any atom is -0.313 e. The summed E-state index contributed by atoms with van der Waals surface area (Å²) in [5.41, 5.74) is 3.74. The lowest BCUT2D eigenvalue weighted by Gasteiger charge is -2.15. The average molecular weight is 251 g/mol. The highest BCUT2D eigenvalue weighted by atomic mass is 15.2. The van der Waals surface area contributed by atoms with Crippen LogP contribution in [0.3, 0.4) is 0 Å². The summed E-state index contributed by atoms with van der Waals surface area (Å²) in [5, 5.41) is 7.80. The average Bonchev–Trinajstić information content (AvgIpc) is 2.90. The third kappa shape index (κ3) is 2.37. The molecule has 3 heteroatoms. The Balaban J connectivity index is 1.94. The van der Waals surface area contributed by atoms with Gasteiger partial charge in [0.15, 0.2) is 0 Å². The van der Waals surface area contributed by atoms with Crippen molar-refractivity contribution in [3.8, 4) is 0 Å². The van der Waals surface area contributed by atoms with Crippen LogP contribution in [0.5, 0.6) is 0 Å². The van der Waals surface area contributed by atoms with E-state index >= 15 is 0 Å². The standard InChI is InChI=1S/C16H17N3/c1-17-15(11-13-7-3-2-4-8-13)14-12-18-19-10-6-5-9-16(14)19/h2-10,12,15,17H,11H2,1H3. The maximum Gasteiger partial charge on any atom is 0.0709 e. The first-order valence-corrected chi connectivity index (χ1v) is 6.52. The van der Waals surface area contributed by atoms with Crippen molar-refractivity contribution in [2.45, 2.75) is 12.5 Å². The van der Waals surface area contributed by atoms with Crippen LogP contribution in [-0.4, -0.2) is 16.7 Å². The molecule has 2 aromatic heterocycles. The summed E-state index contributed by atoms with van der Waals surface area (Å²) in [4.78, 5) is 0. The number of fused-ring (bicyclic) bond motifs is 1. The van der Waals surface area contributed by atoms with Crippen LogP contribution in [-0.2, 0) is 6.42 Å². The molecule has 3 nitrogen and oxygen atoms in total. The fourth-order valence-electron chi connectivity index (χ4n) is 2.44. The fourth-order valence-corrected chi connectivity index (χ4v) is 2.44. The fraction of sp³-hybridized carbons (Fsp3) is 0.188. The minimum absolute atomic E-state index is 0.280. The first kappa shape index (κ1) is 11.9. The molecule has 96 valence electrons. The van der Waals surface area contributed by atoms with Crippen molar-refractivity contribution in [3.05, 3.63) is 72.1 Å². The molecular formula is C16H17N3. The van der Waals surface area contributed by atoms with Gasteiger partial charge in [0, 0.05) is 17.8 Å². The summed E-state index contributed by atoms with van der Waals surface area (Å²) in [7, 11) is 2.00. The second-order valence-corrected chi connectivity index (χ2v) is 4.66. The van der Waals surface area contributed by atoms with E-state index in [-0.39, 0.29) is 6.04 Å². The molecule has 3 aromatic rings. The van der Waals surface area contributed by atoms with Crippen LogP contribution in [0.1, 0.15) is 17.2 Å². The molecule has 1 atom stereocenters. The van der Waals surface area contributed by atoms with E-state index < -0.39 is 0 Å². The zero-order chi connectivity index (χ0) is 13.1. The van der Waals surface area contributed by atoms with Crippen molar-refractivity contribution in [2.24, 2.45) is 0 Å². The largest absolute Gasteiger partial charge is 0.313 e. The van der Waals surface area contributed by atoms with Crippen LogP contribution in [0.2, 0.25) is 0 Å². The van der Waals surface area contributed by atoms with Crippen LogP contribution in [0, 0.1) is 0 Å². The Morgan fingerprint density at radius 1 is 1.11 bits per heavy atom. The summed E-state index contributed by atoms with van der Waals surface area (Å²) in [6, 6.07) is 17.0. The lowest BCUT2D eigenvalue weighted by molar-refractivity contribution is 0.596. The molecule has 0 fully saturated rings. The molecule has 0 aliphatic carbocycles. The SMILES string of the molecule is CNC(Cc1ccccc1)c1cnn2ccccc12. The Kier molecular flexibility index (Phi) is 3.29. The van der Waals surface area contributed by atoms with Gasteiger partial charge in [0.2, 0.25) is 0 Å². The maximum atomic E-state index is 4.41. The zero-order valence-corrected chi connectivity index (χ0v) is 11.0. The van der Waals surface area contributed by atoms with Crippen molar-refractivity contribution in [1.29, 1.82) is 0 Å². The Morgan fingerprint density at radius 3 is 2.68 bits per heavy atom. The normalized spacial score (nSPS) is 12.7. The molecule has 3 rings (SSSR count). The van der Waals surface area contributed by atoms with E-state index in [2.05, 4.69) is 46.8 Å². The summed E-state index contributed by atoms with van der Waals surface area (Å²) in [6.07, 6.45) is 4.90. The third-order valence-electron chi connectivity index (χ3n) is 3.46. The Labute approximate surface area is 112 Å². The van der Waals surface area contributed by atoms with Gasteiger partial charge in [-0.05, 0) is 31.2 Å². The van der Waals surface area contributed by atoms with Crippen molar-refractivity contribution < 1.29 is 0 Å². The number of nitrogens with one attached hydrogen (secondary N) is 1. The monoisotopic (exact) mass is 251 g/mol. The first-order valence-electron chi connectivity index (χ1n) is 6.52. The molecule has 0 aliphatic heterocycles. The molecular weight excluding hydrogens is 234 g/mol. The summed E-state index contributed by atoms with van der Waals surface area (Å²) < 4.78 is 1.92. The molecule has 0 bridgehead atoms. The van der Waals surface area contributed by atoms with Crippen LogP contribution in [0.4, 0.5) is 0 Å². The maximum absolute atomic E-state index is 4.41. The zero-order valence-electron chi connectivity index (χ0n) is 11.0. The highest BCUT2D eigenvalue weighted by Crippen LogP contribution is 2.22. The lowest BCUT2D eigenvalue weighted by Crippen LogP contribution is -2.18. The Hall–Kier alpha value is -2.13. The van der Waals surface area contributed by atoms with Crippen LogP contribution >= 0.6 is 0 Å². The number of aromatic nitrogens is 2. The van der Waals surface area contributed by atoms with Crippen molar-refractivity contribution in [2.75, 3.05) is 7.05 Å². The molecule has 19 heavy (non-hydrogen) atoms. The predicted molar refractivity (Wildman–Crippen MR) is 77.1 cm³/mol. The Bertz CT molecular complexity index is 658. The van der Waals surface area contributed by atoms with Gasteiger partial charge in [-0.3, -0.25) is 0 Å². The van der Waals surface area contributed by atoms with Crippen molar-refractivity contribution >= 4 is 5.52 Å². The Morgan fingerprint density at radius 2 is 1.89 bits per heavy atom. The van der Waals surface area contributed by atoms with E-state index in [4.69, 9.17) is 0 Å². The second kappa shape index (κ2) is 5.24. The number of pyridine rings is 1. The molecule has 0 amide bonds. The lowest BCUT2D eigenvalue weighted by atomic mass is 10.0. The quantitative estimate of drug-likeness (QED) is 0.772. The van der Waals surface area contributed by atoms with Gasteiger partial charge in [-0.15, -0.1) is 0 Å². The van der Waals surface area contributed by atoms with E-state index in [1.165, 1.54) is 11.1 Å². The van der Waals surface area contributed by atoms with E-state index in [9.17, 15) is 0 Å². The molecule has 0 saturated carbocycles. The van der Waals surface area contributed by atoms with Gasteiger partial charge in [-0.25, -0.2) is 4.52 Å². The number of benzene rings is 1. The summed E-state index contributed by atoms with van der Waals surface area (Å²) in [6.45, 7) is 0. The van der Waals surface area contributed by atoms with Gasteiger partial charge in [-0.2, -0.15) is 5.10 Å².